The Hall–Kier alpha value is -0.930. The van der Waals surface area contributed by atoms with Crippen molar-refractivity contribution >= 4 is 0 Å². The second kappa shape index (κ2) is 6.12. The van der Waals surface area contributed by atoms with E-state index in [9.17, 15) is 0 Å². The molecule has 1 unspecified atom stereocenters. The van der Waals surface area contributed by atoms with E-state index in [1.54, 1.807) is 0 Å². The molecular formula is C14H23N3. The highest BCUT2D eigenvalue weighted by atomic mass is 15.2. The van der Waals surface area contributed by atoms with Crippen molar-refractivity contribution in [1.82, 2.24) is 14.8 Å². The molecule has 0 bridgehead atoms. The number of pyridine rings is 1. The van der Waals surface area contributed by atoms with Gasteiger partial charge < -0.3 is 4.90 Å². The maximum absolute atomic E-state index is 4.24. The number of aromatic nitrogens is 1. The highest BCUT2D eigenvalue weighted by Gasteiger charge is 2.25. The van der Waals surface area contributed by atoms with Crippen molar-refractivity contribution in [3.63, 3.8) is 0 Å². The summed E-state index contributed by atoms with van der Waals surface area (Å²) in [4.78, 5) is 9.11. The van der Waals surface area contributed by atoms with Gasteiger partial charge in [0.25, 0.3) is 0 Å². The Morgan fingerprint density at radius 1 is 1.47 bits per heavy atom. The van der Waals surface area contributed by atoms with Crippen LogP contribution in [-0.2, 0) is 0 Å². The molecule has 0 aromatic carbocycles. The van der Waals surface area contributed by atoms with E-state index in [4.69, 9.17) is 0 Å². The van der Waals surface area contributed by atoms with Crippen LogP contribution in [0.2, 0.25) is 0 Å². The van der Waals surface area contributed by atoms with E-state index < -0.39 is 0 Å². The summed E-state index contributed by atoms with van der Waals surface area (Å²) in [6, 6.07) is 4.86. The summed E-state index contributed by atoms with van der Waals surface area (Å²) >= 11 is 0. The van der Waals surface area contributed by atoms with E-state index in [0.29, 0.717) is 6.04 Å². The molecule has 0 saturated carbocycles. The lowest BCUT2D eigenvalue weighted by Crippen LogP contribution is -2.27. The van der Waals surface area contributed by atoms with Crippen LogP contribution >= 0.6 is 0 Å². The summed E-state index contributed by atoms with van der Waals surface area (Å²) in [5.41, 5.74) is 1.38. The van der Waals surface area contributed by atoms with Crippen molar-refractivity contribution in [2.75, 3.05) is 33.7 Å². The maximum Gasteiger partial charge on any atom is 0.0363 e. The van der Waals surface area contributed by atoms with Crippen LogP contribution < -0.4 is 0 Å². The van der Waals surface area contributed by atoms with Crippen LogP contribution in [0.3, 0.4) is 0 Å². The summed E-state index contributed by atoms with van der Waals surface area (Å²) in [6.07, 6.45) is 7.74. The van der Waals surface area contributed by atoms with E-state index in [0.717, 1.165) is 0 Å². The molecule has 0 N–H and O–H groups in total. The molecule has 0 amide bonds. The third kappa shape index (κ3) is 3.51. The van der Waals surface area contributed by atoms with Gasteiger partial charge in [-0.25, -0.2) is 0 Å². The Morgan fingerprint density at radius 3 is 3.06 bits per heavy atom. The molecule has 0 spiro atoms. The van der Waals surface area contributed by atoms with Crippen LogP contribution in [0.15, 0.2) is 24.5 Å². The fourth-order valence-electron chi connectivity index (χ4n) is 2.63. The monoisotopic (exact) mass is 233 g/mol. The molecule has 1 fully saturated rings. The molecule has 3 nitrogen and oxygen atoms in total. The minimum absolute atomic E-state index is 0.603. The van der Waals surface area contributed by atoms with E-state index in [-0.39, 0.29) is 0 Å². The molecule has 1 saturated heterocycles. The summed E-state index contributed by atoms with van der Waals surface area (Å²) in [7, 11) is 4.28. The number of nitrogens with zero attached hydrogens (tertiary/aromatic N) is 3. The molecule has 1 aromatic heterocycles. The first kappa shape index (κ1) is 12.5. The van der Waals surface area contributed by atoms with Gasteiger partial charge in [-0.3, -0.25) is 9.88 Å². The van der Waals surface area contributed by atoms with Gasteiger partial charge in [-0.05, 0) is 64.6 Å². The smallest absolute Gasteiger partial charge is 0.0363 e. The van der Waals surface area contributed by atoms with E-state index in [2.05, 4.69) is 34.9 Å². The maximum atomic E-state index is 4.24. The zero-order valence-electron chi connectivity index (χ0n) is 11.0. The summed E-state index contributed by atoms with van der Waals surface area (Å²) in [6.45, 7) is 3.63. The van der Waals surface area contributed by atoms with Crippen molar-refractivity contribution in [2.24, 2.45) is 0 Å². The normalized spacial score (nSPS) is 21.2. The number of rotatable bonds is 5. The minimum atomic E-state index is 0.603. The first-order chi connectivity index (χ1) is 8.27. The lowest BCUT2D eigenvalue weighted by molar-refractivity contribution is 0.240. The van der Waals surface area contributed by atoms with Gasteiger partial charge in [0.1, 0.15) is 0 Å². The molecule has 3 heteroatoms. The van der Waals surface area contributed by atoms with Gasteiger partial charge >= 0.3 is 0 Å². The van der Waals surface area contributed by atoms with Crippen LogP contribution in [0.1, 0.15) is 30.9 Å². The van der Waals surface area contributed by atoms with Crippen LogP contribution in [-0.4, -0.2) is 48.5 Å². The quantitative estimate of drug-likeness (QED) is 0.777. The van der Waals surface area contributed by atoms with Crippen molar-refractivity contribution < 1.29 is 0 Å². The van der Waals surface area contributed by atoms with Gasteiger partial charge in [-0.1, -0.05) is 6.07 Å². The van der Waals surface area contributed by atoms with Crippen molar-refractivity contribution in [2.45, 2.75) is 25.3 Å². The molecule has 0 radical (unpaired) electrons. The predicted molar refractivity (Wildman–Crippen MR) is 71.0 cm³/mol. The van der Waals surface area contributed by atoms with Crippen LogP contribution in [0, 0.1) is 0 Å². The van der Waals surface area contributed by atoms with Crippen LogP contribution in [0.4, 0.5) is 0 Å². The number of hydrogen-bond donors (Lipinski definition) is 0. The van der Waals surface area contributed by atoms with E-state index >= 15 is 0 Å². The van der Waals surface area contributed by atoms with Gasteiger partial charge in [0.15, 0.2) is 0 Å². The topological polar surface area (TPSA) is 19.4 Å². The second-order valence-corrected chi connectivity index (χ2v) is 5.14. The molecule has 1 aliphatic heterocycles. The molecular weight excluding hydrogens is 210 g/mol. The third-order valence-corrected chi connectivity index (χ3v) is 3.48. The Morgan fingerprint density at radius 2 is 2.35 bits per heavy atom. The number of hydrogen-bond acceptors (Lipinski definition) is 3. The van der Waals surface area contributed by atoms with Crippen LogP contribution in [0.5, 0.6) is 0 Å². The minimum Gasteiger partial charge on any atom is -0.309 e. The average molecular weight is 233 g/mol. The van der Waals surface area contributed by atoms with E-state index in [1.807, 2.05) is 18.5 Å². The summed E-state index contributed by atoms with van der Waals surface area (Å²) in [5.74, 6) is 0. The first-order valence-electron chi connectivity index (χ1n) is 6.56. The molecule has 2 heterocycles. The lowest BCUT2D eigenvalue weighted by Gasteiger charge is -2.25. The predicted octanol–water partition coefficient (Wildman–Crippen LogP) is 2.17. The molecule has 2 rings (SSSR count). The molecule has 1 aromatic rings. The molecule has 17 heavy (non-hydrogen) atoms. The Bertz CT molecular complexity index is 323. The fourth-order valence-corrected chi connectivity index (χ4v) is 2.63. The average Bonchev–Trinajstić information content (AvgIpc) is 2.78. The van der Waals surface area contributed by atoms with Gasteiger partial charge in [0.05, 0.1) is 0 Å². The zero-order valence-corrected chi connectivity index (χ0v) is 11.0. The van der Waals surface area contributed by atoms with E-state index in [1.165, 1.54) is 44.5 Å². The van der Waals surface area contributed by atoms with Crippen molar-refractivity contribution in [1.29, 1.82) is 0 Å². The molecule has 94 valence electrons. The van der Waals surface area contributed by atoms with Gasteiger partial charge in [-0.15, -0.1) is 0 Å². The highest BCUT2D eigenvalue weighted by molar-refractivity contribution is 5.15. The van der Waals surface area contributed by atoms with Crippen molar-refractivity contribution in [3.8, 4) is 0 Å². The SMILES string of the molecule is CN(C)CCCN1CCCC1c1cccnc1. The van der Waals surface area contributed by atoms with Gasteiger partial charge in [-0.2, -0.15) is 0 Å². The fraction of sp³-hybridized carbons (Fsp3) is 0.643. The Balaban J connectivity index is 1.89. The van der Waals surface area contributed by atoms with Crippen LogP contribution in [0.25, 0.3) is 0 Å². The zero-order chi connectivity index (χ0) is 12.1. The largest absolute Gasteiger partial charge is 0.309 e. The van der Waals surface area contributed by atoms with Gasteiger partial charge in [0, 0.05) is 18.4 Å². The number of likely N-dealkylation sites (tertiary alicyclic amines) is 1. The first-order valence-corrected chi connectivity index (χ1v) is 6.56. The third-order valence-electron chi connectivity index (χ3n) is 3.48. The lowest BCUT2D eigenvalue weighted by atomic mass is 10.1. The highest BCUT2D eigenvalue weighted by Crippen LogP contribution is 2.31. The Kier molecular flexibility index (Phi) is 4.51. The Labute approximate surface area is 104 Å². The second-order valence-electron chi connectivity index (χ2n) is 5.14. The van der Waals surface area contributed by atoms with Crippen molar-refractivity contribution in [3.05, 3.63) is 30.1 Å². The standard InChI is InChI=1S/C14H23N3/c1-16(2)9-5-11-17-10-4-7-14(17)13-6-3-8-15-12-13/h3,6,8,12,14H,4-5,7,9-11H2,1-2H3. The summed E-state index contributed by atoms with van der Waals surface area (Å²) < 4.78 is 0. The summed E-state index contributed by atoms with van der Waals surface area (Å²) in [5, 5.41) is 0. The molecule has 1 atom stereocenters. The molecule has 0 aliphatic carbocycles. The van der Waals surface area contributed by atoms with Gasteiger partial charge in [0.2, 0.25) is 0 Å². The molecule has 1 aliphatic rings.